The standard InChI is InChI=1S/C23H23N3O4S/c1-29-23(28)16-25(14-17-7-3-2-4-8-17)15-22(27)26-19(21-10-6-12-31-21)13-18(24-26)20-9-5-11-30-20/h2-12,19H,13-16H2,1H3. The molecule has 0 fully saturated rings. The SMILES string of the molecule is COC(=O)CN(CC(=O)N1N=C(c2ccco2)CC1c1cccs1)Cc1ccccc1. The summed E-state index contributed by atoms with van der Waals surface area (Å²) in [4.78, 5) is 28.1. The van der Waals surface area contributed by atoms with Gasteiger partial charge >= 0.3 is 5.97 Å². The van der Waals surface area contributed by atoms with E-state index in [0.717, 1.165) is 16.2 Å². The number of carbonyl (C=O) groups is 2. The quantitative estimate of drug-likeness (QED) is 0.503. The van der Waals surface area contributed by atoms with Crippen molar-refractivity contribution in [3.63, 3.8) is 0 Å². The molecular weight excluding hydrogens is 414 g/mol. The first-order valence-electron chi connectivity index (χ1n) is 9.94. The molecule has 1 amide bonds. The van der Waals surface area contributed by atoms with Crippen molar-refractivity contribution in [1.29, 1.82) is 0 Å². The summed E-state index contributed by atoms with van der Waals surface area (Å²) in [5, 5.41) is 8.11. The fourth-order valence-electron chi connectivity index (χ4n) is 3.55. The average molecular weight is 438 g/mol. The van der Waals surface area contributed by atoms with E-state index >= 15 is 0 Å². The van der Waals surface area contributed by atoms with E-state index in [1.807, 2.05) is 53.9 Å². The Kier molecular flexibility index (Phi) is 6.59. The summed E-state index contributed by atoms with van der Waals surface area (Å²) in [5.41, 5.74) is 1.74. The summed E-state index contributed by atoms with van der Waals surface area (Å²) in [6.45, 7) is 0.512. The number of thiophene rings is 1. The summed E-state index contributed by atoms with van der Waals surface area (Å²) in [6.07, 6.45) is 2.18. The lowest BCUT2D eigenvalue weighted by molar-refractivity contribution is -0.143. The average Bonchev–Trinajstić information content (AvgIpc) is 3.55. The molecule has 1 aliphatic rings. The maximum absolute atomic E-state index is 13.3. The number of hydrogen-bond donors (Lipinski definition) is 0. The molecule has 160 valence electrons. The van der Waals surface area contributed by atoms with E-state index < -0.39 is 0 Å². The van der Waals surface area contributed by atoms with Gasteiger partial charge in [-0.05, 0) is 29.1 Å². The van der Waals surface area contributed by atoms with Gasteiger partial charge < -0.3 is 9.15 Å². The van der Waals surface area contributed by atoms with Gasteiger partial charge in [-0.2, -0.15) is 5.10 Å². The molecule has 3 aromatic rings. The van der Waals surface area contributed by atoms with Crippen LogP contribution in [0.1, 0.15) is 28.7 Å². The smallest absolute Gasteiger partial charge is 0.319 e. The normalized spacial score (nSPS) is 15.9. The monoisotopic (exact) mass is 437 g/mol. The van der Waals surface area contributed by atoms with Crippen molar-refractivity contribution < 1.29 is 18.7 Å². The van der Waals surface area contributed by atoms with Gasteiger partial charge in [0.15, 0.2) is 0 Å². The topological polar surface area (TPSA) is 75.3 Å². The van der Waals surface area contributed by atoms with E-state index in [1.165, 1.54) is 12.1 Å². The molecule has 0 radical (unpaired) electrons. The fourth-order valence-corrected chi connectivity index (χ4v) is 4.37. The van der Waals surface area contributed by atoms with E-state index in [-0.39, 0.29) is 31.0 Å². The second-order valence-corrected chi connectivity index (χ2v) is 8.18. The second kappa shape index (κ2) is 9.72. The zero-order valence-electron chi connectivity index (χ0n) is 17.1. The first-order chi connectivity index (χ1) is 15.1. The van der Waals surface area contributed by atoms with Crippen molar-refractivity contribution in [2.75, 3.05) is 20.2 Å². The van der Waals surface area contributed by atoms with E-state index in [1.54, 1.807) is 28.6 Å². The number of nitrogens with zero attached hydrogens (tertiary/aromatic N) is 3. The van der Waals surface area contributed by atoms with Gasteiger partial charge in [-0.25, -0.2) is 5.01 Å². The predicted octanol–water partition coefficient (Wildman–Crippen LogP) is 3.69. The third-order valence-electron chi connectivity index (χ3n) is 5.03. The van der Waals surface area contributed by atoms with Crippen LogP contribution in [-0.2, 0) is 20.9 Å². The molecule has 4 rings (SSSR count). The minimum Gasteiger partial charge on any atom is -0.468 e. The van der Waals surface area contributed by atoms with Crippen LogP contribution in [0.5, 0.6) is 0 Å². The van der Waals surface area contributed by atoms with Crippen LogP contribution in [0.4, 0.5) is 0 Å². The van der Waals surface area contributed by atoms with Gasteiger partial charge in [0.2, 0.25) is 0 Å². The lowest BCUT2D eigenvalue weighted by atomic mass is 10.1. The minimum absolute atomic E-state index is 0.0173. The van der Waals surface area contributed by atoms with Gasteiger partial charge in [0.25, 0.3) is 5.91 Å². The number of amides is 1. The Hall–Kier alpha value is -3.23. The third kappa shape index (κ3) is 5.10. The van der Waals surface area contributed by atoms with Crippen LogP contribution in [0.2, 0.25) is 0 Å². The molecule has 0 N–H and O–H groups in total. The predicted molar refractivity (Wildman–Crippen MR) is 118 cm³/mol. The molecule has 0 aliphatic carbocycles. The summed E-state index contributed by atoms with van der Waals surface area (Å²) in [7, 11) is 1.35. The fraction of sp³-hybridized carbons (Fsp3) is 0.261. The summed E-state index contributed by atoms with van der Waals surface area (Å²) in [5.74, 6) is 0.0899. The van der Waals surface area contributed by atoms with E-state index in [9.17, 15) is 9.59 Å². The number of esters is 1. The Morgan fingerprint density at radius 2 is 2.00 bits per heavy atom. The highest BCUT2D eigenvalue weighted by atomic mass is 32.1. The largest absolute Gasteiger partial charge is 0.468 e. The molecule has 7 nitrogen and oxygen atoms in total. The van der Waals surface area contributed by atoms with Gasteiger partial charge in [0, 0.05) is 17.8 Å². The molecule has 1 unspecified atom stereocenters. The first kappa shape index (κ1) is 21.0. The Bertz CT molecular complexity index is 1030. The van der Waals surface area contributed by atoms with E-state index in [0.29, 0.717) is 18.7 Å². The minimum atomic E-state index is -0.389. The lowest BCUT2D eigenvalue weighted by Crippen LogP contribution is -2.40. The third-order valence-corrected chi connectivity index (χ3v) is 6.00. The second-order valence-electron chi connectivity index (χ2n) is 7.20. The van der Waals surface area contributed by atoms with Crippen LogP contribution in [0.25, 0.3) is 0 Å². The highest BCUT2D eigenvalue weighted by Crippen LogP contribution is 2.35. The van der Waals surface area contributed by atoms with Crippen molar-refractivity contribution in [3.05, 3.63) is 82.4 Å². The molecule has 1 aromatic carbocycles. The van der Waals surface area contributed by atoms with Crippen molar-refractivity contribution in [2.24, 2.45) is 5.10 Å². The molecule has 8 heteroatoms. The van der Waals surface area contributed by atoms with Crippen LogP contribution >= 0.6 is 11.3 Å². The summed E-state index contributed by atoms with van der Waals surface area (Å²) in [6, 6.07) is 17.2. The molecular formula is C23H23N3O4S. The molecule has 1 aliphatic heterocycles. The van der Waals surface area contributed by atoms with Crippen LogP contribution in [0.3, 0.4) is 0 Å². The van der Waals surface area contributed by atoms with Crippen LogP contribution in [0, 0.1) is 0 Å². The molecule has 3 heterocycles. The van der Waals surface area contributed by atoms with Gasteiger partial charge in [-0.15, -0.1) is 11.3 Å². The number of benzene rings is 1. The molecule has 0 saturated heterocycles. The number of furan rings is 1. The van der Waals surface area contributed by atoms with Crippen molar-refractivity contribution in [1.82, 2.24) is 9.91 Å². The Labute approximate surface area is 184 Å². The van der Waals surface area contributed by atoms with Crippen molar-refractivity contribution >= 4 is 28.9 Å². The molecule has 0 bridgehead atoms. The van der Waals surface area contributed by atoms with Gasteiger partial charge in [-0.3, -0.25) is 14.5 Å². The van der Waals surface area contributed by atoms with Crippen molar-refractivity contribution in [3.8, 4) is 0 Å². The van der Waals surface area contributed by atoms with Gasteiger partial charge in [0.05, 0.1) is 32.5 Å². The first-order valence-corrected chi connectivity index (χ1v) is 10.8. The van der Waals surface area contributed by atoms with E-state index in [4.69, 9.17) is 9.15 Å². The molecule has 1 atom stereocenters. The number of carbonyl (C=O) groups excluding carboxylic acids is 2. The number of hydrazone groups is 1. The van der Waals surface area contributed by atoms with Crippen LogP contribution in [0.15, 0.2) is 75.8 Å². The van der Waals surface area contributed by atoms with Crippen LogP contribution in [-0.4, -0.2) is 47.7 Å². The number of rotatable bonds is 8. The molecule has 0 spiro atoms. The molecule has 2 aromatic heterocycles. The molecule has 0 saturated carbocycles. The summed E-state index contributed by atoms with van der Waals surface area (Å²) < 4.78 is 10.3. The number of methoxy groups -OCH3 is 1. The zero-order valence-corrected chi connectivity index (χ0v) is 18.0. The zero-order chi connectivity index (χ0) is 21.6. The maximum Gasteiger partial charge on any atom is 0.319 e. The number of hydrogen-bond acceptors (Lipinski definition) is 7. The maximum atomic E-state index is 13.3. The number of ether oxygens (including phenoxy) is 1. The Morgan fingerprint density at radius 3 is 2.68 bits per heavy atom. The van der Waals surface area contributed by atoms with Gasteiger partial charge in [-0.1, -0.05) is 36.4 Å². The van der Waals surface area contributed by atoms with Crippen molar-refractivity contribution in [2.45, 2.75) is 19.0 Å². The highest BCUT2D eigenvalue weighted by Gasteiger charge is 2.35. The lowest BCUT2D eigenvalue weighted by Gasteiger charge is -2.25. The van der Waals surface area contributed by atoms with Gasteiger partial charge in [0.1, 0.15) is 11.5 Å². The Balaban J connectivity index is 1.55. The highest BCUT2D eigenvalue weighted by molar-refractivity contribution is 7.10. The van der Waals surface area contributed by atoms with E-state index in [2.05, 4.69) is 5.10 Å². The molecule has 31 heavy (non-hydrogen) atoms. The summed E-state index contributed by atoms with van der Waals surface area (Å²) >= 11 is 1.59. The Morgan fingerprint density at radius 1 is 1.16 bits per heavy atom. The van der Waals surface area contributed by atoms with Crippen LogP contribution < -0.4 is 0 Å².